The molecule has 0 atom stereocenters. The van der Waals surface area contributed by atoms with Crippen LogP contribution < -0.4 is 10.5 Å². The average molecular weight is 240 g/mol. The highest BCUT2D eigenvalue weighted by Crippen LogP contribution is 2.26. The average Bonchev–Trinajstić information content (AvgIpc) is 2.63. The Morgan fingerprint density at radius 3 is 2.94 bits per heavy atom. The Morgan fingerprint density at radius 2 is 2.31 bits per heavy atom. The number of hydrogen-bond donors (Lipinski definition) is 1. The smallest absolute Gasteiger partial charge is 0.212 e. The van der Waals surface area contributed by atoms with Gasteiger partial charge in [0.2, 0.25) is 5.82 Å². The number of benzene rings is 1. The third-order valence-electron chi connectivity index (χ3n) is 1.86. The summed E-state index contributed by atoms with van der Waals surface area (Å²) in [5.74, 6) is 1.04. The molecule has 1 aromatic carbocycles. The van der Waals surface area contributed by atoms with Crippen LogP contribution in [0.2, 0.25) is 5.02 Å². The molecular formula is C9H10ClN5O. The molecule has 2 aromatic rings. The van der Waals surface area contributed by atoms with E-state index in [-0.39, 0.29) is 6.61 Å². The van der Waals surface area contributed by atoms with Crippen LogP contribution in [0.3, 0.4) is 0 Å². The number of tetrazole rings is 1. The van der Waals surface area contributed by atoms with Gasteiger partial charge in [0.25, 0.3) is 0 Å². The summed E-state index contributed by atoms with van der Waals surface area (Å²) < 4.78 is 5.43. The number of hydrogen-bond acceptors (Lipinski definition) is 5. The van der Waals surface area contributed by atoms with Gasteiger partial charge in [0, 0.05) is 5.69 Å². The van der Waals surface area contributed by atoms with Gasteiger partial charge in [-0.15, -0.1) is 10.2 Å². The number of nitrogens with zero attached hydrogens (tertiary/aromatic N) is 4. The van der Waals surface area contributed by atoms with Crippen molar-refractivity contribution in [2.24, 2.45) is 7.05 Å². The first-order chi connectivity index (χ1) is 7.65. The van der Waals surface area contributed by atoms with Crippen LogP contribution in [0.5, 0.6) is 5.75 Å². The third kappa shape index (κ3) is 2.40. The molecule has 0 radical (unpaired) electrons. The van der Waals surface area contributed by atoms with E-state index in [0.29, 0.717) is 22.3 Å². The van der Waals surface area contributed by atoms with Gasteiger partial charge < -0.3 is 10.5 Å². The molecule has 1 aromatic heterocycles. The summed E-state index contributed by atoms with van der Waals surface area (Å²) in [6.07, 6.45) is 0. The number of ether oxygens (including phenoxy) is 1. The molecule has 7 heteroatoms. The topological polar surface area (TPSA) is 78.8 Å². The second kappa shape index (κ2) is 4.36. The molecule has 0 bridgehead atoms. The Morgan fingerprint density at radius 1 is 1.50 bits per heavy atom. The molecule has 0 spiro atoms. The van der Waals surface area contributed by atoms with Crippen molar-refractivity contribution in [3.05, 3.63) is 29.0 Å². The lowest BCUT2D eigenvalue weighted by Gasteiger charge is -2.05. The van der Waals surface area contributed by atoms with E-state index >= 15 is 0 Å². The van der Waals surface area contributed by atoms with Gasteiger partial charge in [-0.25, -0.2) is 0 Å². The van der Waals surface area contributed by atoms with Gasteiger partial charge in [-0.05, 0) is 23.4 Å². The van der Waals surface area contributed by atoms with E-state index in [1.165, 1.54) is 4.80 Å². The van der Waals surface area contributed by atoms with E-state index in [9.17, 15) is 0 Å². The Kier molecular flexibility index (Phi) is 2.91. The monoisotopic (exact) mass is 239 g/mol. The summed E-state index contributed by atoms with van der Waals surface area (Å²) in [4.78, 5) is 1.36. The molecule has 0 amide bonds. The number of aryl methyl sites for hydroxylation is 1. The van der Waals surface area contributed by atoms with Crippen LogP contribution in [-0.2, 0) is 13.7 Å². The van der Waals surface area contributed by atoms with Gasteiger partial charge in [0.15, 0.2) is 6.61 Å². The molecule has 84 valence electrons. The van der Waals surface area contributed by atoms with Crippen molar-refractivity contribution < 1.29 is 4.74 Å². The van der Waals surface area contributed by atoms with E-state index in [1.54, 1.807) is 25.2 Å². The highest BCUT2D eigenvalue weighted by atomic mass is 35.5. The van der Waals surface area contributed by atoms with E-state index in [4.69, 9.17) is 22.1 Å². The van der Waals surface area contributed by atoms with Gasteiger partial charge in [0.05, 0.1) is 12.1 Å². The molecule has 0 fully saturated rings. The molecule has 0 saturated heterocycles. The first-order valence-corrected chi connectivity index (χ1v) is 4.93. The van der Waals surface area contributed by atoms with Crippen molar-refractivity contribution in [2.45, 2.75) is 6.61 Å². The molecule has 0 aliphatic carbocycles. The molecule has 2 N–H and O–H groups in total. The summed E-state index contributed by atoms with van der Waals surface area (Å²) in [5.41, 5.74) is 6.15. The van der Waals surface area contributed by atoms with Crippen molar-refractivity contribution in [1.82, 2.24) is 20.2 Å². The van der Waals surface area contributed by atoms with Crippen LogP contribution in [0.15, 0.2) is 18.2 Å². The zero-order chi connectivity index (χ0) is 11.5. The van der Waals surface area contributed by atoms with Gasteiger partial charge in [-0.1, -0.05) is 11.6 Å². The Hall–Kier alpha value is -1.82. The zero-order valence-corrected chi connectivity index (χ0v) is 9.35. The fourth-order valence-corrected chi connectivity index (χ4v) is 1.40. The molecular weight excluding hydrogens is 230 g/mol. The van der Waals surface area contributed by atoms with Crippen molar-refractivity contribution in [2.75, 3.05) is 5.73 Å². The first kappa shape index (κ1) is 10.7. The maximum Gasteiger partial charge on any atom is 0.212 e. The standard InChI is InChI=1S/C9H10ClN5O/c1-15-13-9(12-14-15)5-16-8-3-2-6(11)4-7(8)10/h2-4H,5,11H2,1H3. The SMILES string of the molecule is Cn1nnc(COc2ccc(N)cc2Cl)n1. The summed E-state index contributed by atoms with van der Waals surface area (Å²) in [7, 11) is 1.69. The fraction of sp³-hybridized carbons (Fsp3) is 0.222. The number of rotatable bonds is 3. The van der Waals surface area contributed by atoms with Crippen LogP contribution in [0.1, 0.15) is 5.82 Å². The maximum atomic E-state index is 5.93. The minimum atomic E-state index is 0.220. The molecule has 0 aliphatic heterocycles. The number of anilines is 1. The predicted octanol–water partition coefficient (Wildman–Crippen LogP) is 1.02. The highest BCUT2D eigenvalue weighted by Gasteiger charge is 2.05. The van der Waals surface area contributed by atoms with Crippen LogP contribution in [0, 0.1) is 0 Å². The van der Waals surface area contributed by atoms with Crippen molar-refractivity contribution in [3.8, 4) is 5.75 Å². The van der Waals surface area contributed by atoms with Crippen molar-refractivity contribution in [3.63, 3.8) is 0 Å². The lowest BCUT2D eigenvalue weighted by molar-refractivity contribution is 0.295. The molecule has 0 aliphatic rings. The molecule has 2 rings (SSSR count). The number of aromatic nitrogens is 4. The highest BCUT2D eigenvalue weighted by molar-refractivity contribution is 6.32. The van der Waals surface area contributed by atoms with Crippen LogP contribution in [0.25, 0.3) is 0 Å². The zero-order valence-electron chi connectivity index (χ0n) is 8.59. The second-order valence-corrected chi connectivity index (χ2v) is 3.58. The van der Waals surface area contributed by atoms with Gasteiger partial charge in [0.1, 0.15) is 5.75 Å². The quantitative estimate of drug-likeness (QED) is 0.810. The number of nitrogens with two attached hydrogens (primary N) is 1. The van der Waals surface area contributed by atoms with Gasteiger partial charge in [-0.2, -0.15) is 4.80 Å². The summed E-state index contributed by atoms with van der Waals surface area (Å²) >= 11 is 5.93. The van der Waals surface area contributed by atoms with Gasteiger partial charge >= 0.3 is 0 Å². The molecule has 0 saturated carbocycles. The minimum absolute atomic E-state index is 0.220. The predicted molar refractivity (Wildman–Crippen MR) is 59.0 cm³/mol. The van der Waals surface area contributed by atoms with E-state index in [0.717, 1.165) is 0 Å². The summed E-state index contributed by atoms with van der Waals surface area (Å²) in [6, 6.07) is 5.04. The number of nitrogen functional groups attached to an aromatic ring is 1. The van der Waals surface area contributed by atoms with E-state index < -0.39 is 0 Å². The Labute approximate surface area is 97.0 Å². The first-order valence-electron chi connectivity index (χ1n) is 4.56. The lowest BCUT2D eigenvalue weighted by atomic mass is 10.3. The van der Waals surface area contributed by atoms with Crippen LogP contribution in [-0.4, -0.2) is 20.2 Å². The Balaban J connectivity index is 2.04. The fourth-order valence-electron chi connectivity index (χ4n) is 1.16. The normalized spacial score (nSPS) is 10.4. The molecule has 16 heavy (non-hydrogen) atoms. The van der Waals surface area contributed by atoms with Crippen molar-refractivity contribution >= 4 is 17.3 Å². The van der Waals surface area contributed by atoms with Crippen LogP contribution in [0.4, 0.5) is 5.69 Å². The van der Waals surface area contributed by atoms with Crippen LogP contribution >= 0.6 is 11.6 Å². The lowest BCUT2D eigenvalue weighted by Crippen LogP contribution is -1.99. The minimum Gasteiger partial charge on any atom is -0.484 e. The Bertz CT molecular complexity index is 498. The number of halogens is 1. The molecule has 1 heterocycles. The van der Waals surface area contributed by atoms with Gasteiger partial charge in [-0.3, -0.25) is 0 Å². The third-order valence-corrected chi connectivity index (χ3v) is 2.16. The molecule has 6 nitrogen and oxygen atoms in total. The van der Waals surface area contributed by atoms with E-state index in [2.05, 4.69) is 15.4 Å². The second-order valence-electron chi connectivity index (χ2n) is 3.17. The maximum absolute atomic E-state index is 5.93. The summed E-state index contributed by atoms with van der Waals surface area (Å²) in [6.45, 7) is 0.220. The van der Waals surface area contributed by atoms with E-state index in [1.807, 2.05) is 0 Å². The largest absolute Gasteiger partial charge is 0.484 e. The van der Waals surface area contributed by atoms with Crippen molar-refractivity contribution in [1.29, 1.82) is 0 Å². The summed E-state index contributed by atoms with van der Waals surface area (Å²) in [5, 5.41) is 11.9. The molecule has 0 unspecified atom stereocenters.